The number of carbonyl (C=O) groups is 1. The zero-order valence-electron chi connectivity index (χ0n) is 17.4. The van der Waals surface area contributed by atoms with Crippen molar-refractivity contribution in [1.82, 2.24) is 9.88 Å². The normalized spacial score (nSPS) is 21.3. The van der Waals surface area contributed by atoms with Gasteiger partial charge < -0.3 is 9.64 Å². The van der Waals surface area contributed by atoms with Crippen LogP contribution in [0, 0.1) is 6.92 Å². The molecular weight excluding hydrogens is 459 g/mol. The van der Waals surface area contributed by atoms with Gasteiger partial charge in [-0.1, -0.05) is 42.5 Å². The monoisotopic (exact) mass is 484 g/mol. The smallest absolute Gasteiger partial charge is 0.261 e. The third-order valence-electron chi connectivity index (χ3n) is 6.18. The van der Waals surface area contributed by atoms with Crippen LogP contribution in [-0.4, -0.2) is 54.4 Å². The van der Waals surface area contributed by atoms with Crippen LogP contribution in [0.4, 0.5) is 0 Å². The lowest BCUT2D eigenvalue weighted by Gasteiger charge is -2.38. The number of hydrogen-bond donors (Lipinski definition) is 0. The van der Waals surface area contributed by atoms with Crippen LogP contribution in [0.1, 0.15) is 44.2 Å². The standard InChI is InChI=1S/C22H26Cl2N2O4S/c1-14-7-8-17-18(23)11-19(24)22(21(17)25-14)30-12-20(27)26(15-5-3-2-4-6-15)16-9-10-31(28,29)13-16/h7-8,11,15-16H,2-6,9-10,12-13H2,1H3/t16-/m0/s1. The van der Waals surface area contributed by atoms with Crippen LogP contribution >= 0.6 is 23.2 Å². The second-order valence-corrected chi connectivity index (χ2v) is 11.5. The fourth-order valence-electron chi connectivity index (χ4n) is 4.70. The highest BCUT2D eigenvalue weighted by atomic mass is 35.5. The third-order valence-corrected chi connectivity index (χ3v) is 8.52. The zero-order valence-corrected chi connectivity index (χ0v) is 19.8. The molecule has 1 saturated carbocycles. The van der Waals surface area contributed by atoms with Crippen molar-refractivity contribution < 1.29 is 17.9 Å². The minimum atomic E-state index is -3.11. The van der Waals surface area contributed by atoms with Gasteiger partial charge in [-0.2, -0.15) is 0 Å². The Balaban J connectivity index is 1.59. The van der Waals surface area contributed by atoms with E-state index in [-0.39, 0.29) is 41.1 Å². The number of aryl methyl sites for hydroxylation is 1. The van der Waals surface area contributed by atoms with E-state index in [4.69, 9.17) is 27.9 Å². The molecule has 0 radical (unpaired) electrons. The summed E-state index contributed by atoms with van der Waals surface area (Å²) in [7, 11) is -3.11. The van der Waals surface area contributed by atoms with Crippen molar-refractivity contribution in [2.24, 2.45) is 0 Å². The second kappa shape index (κ2) is 9.12. The first-order valence-corrected chi connectivity index (χ1v) is 13.2. The highest BCUT2D eigenvalue weighted by Gasteiger charge is 2.38. The maximum absolute atomic E-state index is 13.3. The molecule has 6 nitrogen and oxygen atoms in total. The highest BCUT2D eigenvalue weighted by Crippen LogP contribution is 2.37. The van der Waals surface area contributed by atoms with Gasteiger partial charge in [-0.15, -0.1) is 0 Å². The molecule has 2 aromatic rings. The lowest BCUT2D eigenvalue weighted by molar-refractivity contribution is -0.138. The summed E-state index contributed by atoms with van der Waals surface area (Å²) < 4.78 is 30.1. The molecule has 0 N–H and O–H groups in total. The Kier molecular flexibility index (Phi) is 6.65. The van der Waals surface area contributed by atoms with E-state index in [0.717, 1.165) is 37.8 Å². The summed E-state index contributed by atoms with van der Waals surface area (Å²) in [6.45, 7) is 1.63. The number of carbonyl (C=O) groups excluding carboxylic acids is 1. The van der Waals surface area contributed by atoms with E-state index in [2.05, 4.69) is 4.98 Å². The molecule has 168 valence electrons. The molecule has 9 heteroatoms. The maximum atomic E-state index is 13.3. The molecule has 1 atom stereocenters. The van der Waals surface area contributed by atoms with Gasteiger partial charge in [0.25, 0.3) is 5.91 Å². The summed E-state index contributed by atoms with van der Waals surface area (Å²) in [6, 6.07) is 5.05. The molecule has 0 unspecified atom stereocenters. The van der Waals surface area contributed by atoms with Crippen LogP contribution in [0.2, 0.25) is 10.0 Å². The van der Waals surface area contributed by atoms with Crippen LogP contribution in [0.25, 0.3) is 10.9 Å². The molecule has 1 aromatic carbocycles. The van der Waals surface area contributed by atoms with Crippen molar-refractivity contribution in [3.05, 3.63) is 33.9 Å². The molecule has 2 fully saturated rings. The van der Waals surface area contributed by atoms with Gasteiger partial charge in [-0.05, 0) is 44.4 Å². The van der Waals surface area contributed by atoms with E-state index >= 15 is 0 Å². The summed E-state index contributed by atoms with van der Waals surface area (Å²) in [5.74, 6) is 0.272. The number of fused-ring (bicyclic) bond motifs is 1. The minimum absolute atomic E-state index is 0.0284. The number of rotatable bonds is 5. The third kappa shape index (κ3) is 4.94. The first kappa shape index (κ1) is 22.6. The van der Waals surface area contributed by atoms with Gasteiger partial charge in [0, 0.05) is 23.2 Å². The fraction of sp³-hybridized carbons (Fsp3) is 0.545. The number of ether oxygens (including phenoxy) is 1. The number of halogens is 2. The molecule has 1 aliphatic heterocycles. The first-order valence-electron chi connectivity index (χ1n) is 10.6. The molecule has 2 heterocycles. The van der Waals surface area contributed by atoms with Crippen LogP contribution < -0.4 is 4.74 Å². The van der Waals surface area contributed by atoms with Gasteiger partial charge in [0.1, 0.15) is 5.52 Å². The van der Waals surface area contributed by atoms with Crippen LogP contribution in [0.15, 0.2) is 18.2 Å². The van der Waals surface area contributed by atoms with Gasteiger partial charge >= 0.3 is 0 Å². The maximum Gasteiger partial charge on any atom is 0.261 e. The van der Waals surface area contributed by atoms with Crippen LogP contribution in [0.3, 0.4) is 0 Å². The summed E-state index contributed by atoms with van der Waals surface area (Å²) >= 11 is 12.7. The highest BCUT2D eigenvalue weighted by molar-refractivity contribution is 7.91. The topological polar surface area (TPSA) is 76.6 Å². The first-order chi connectivity index (χ1) is 14.7. The number of benzene rings is 1. The Morgan fingerprint density at radius 3 is 2.55 bits per heavy atom. The Morgan fingerprint density at radius 2 is 1.87 bits per heavy atom. The molecular formula is C22H26Cl2N2O4S. The minimum Gasteiger partial charge on any atom is -0.480 e. The average Bonchev–Trinajstić information content (AvgIpc) is 3.07. The van der Waals surface area contributed by atoms with E-state index in [9.17, 15) is 13.2 Å². The fourth-order valence-corrected chi connectivity index (χ4v) is 6.98. The Labute approximate surface area is 192 Å². The lowest BCUT2D eigenvalue weighted by Crippen LogP contribution is -2.50. The molecule has 0 spiro atoms. The van der Waals surface area contributed by atoms with Crippen LogP contribution in [-0.2, 0) is 14.6 Å². The molecule has 31 heavy (non-hydrogen) atoms. The largest absolute Gasteiger partial charge is 0.480 e. The number of sulfone groups is 1. The number of amides is 1. The van der Waals surface area contributed by atoms with Gasteiger partial charge in [0.05, 0.1) is 21.6 Å². The zero-order chi connectivity index (χ0) is 22.2. The molecule has 1 saturated heterocycles. The molecule has 1 amide bonds. The van der Waals surface area contributed by atoms with Crippen molar-refractivity contribution in [3.63, 3.8) is 0 Å². The van der Waals surface area contributed by atoms with Gasteiger partial charge in [-0.3, -0.25) is 4.79 Å². The van der Waals surface area contributed by atoms with Crippen molar-refractivity contribution in [3.8, 4) is 5.75 Å². The number of nitrogens with zero attached hydrogens (tertiary/aromatic N) is 2. The van der Waals surface area contributed by atoms with Crippen molar-refractivity contribution in [2.75, 3.05) is 18.1 Å². The lowest BCUT2D eigenvalue weighted by atomic mass is 9.93. The van der Waals surface area contributed by atoms with Gasteiger partial charge in [-0.25, -0.2) is 13.4 Å². The quantitative estimate of drug-likeness (QED) is 0.620. The molecule has 4 rings (SSSR count). The number of aromatic nitrogens is 1. The summed E-state index contributed by atoms with van der Waals surface area (Å²) in [5, 5.41) is 1.45. The predicted molar refractivity (Wildman–Crippen MR) is 123 cm³/mol. The van der Waals surface area contributed by atoms with E-state index < -0.39 is 9.84 Å². The Bertz CT molecular complexity index is 1100. The average molecular weight is 485 g/mol. The van der Waals surface area contributed by atoms with Crippen LogP contribution in [0.5, 0.6) is 5.75 Å². The van der Waals surface area contributed by atoms with Crippen molar-refractivity contribution in [1.29, 1.82) is 0 Å². The number of hydrogen-bond acceptors (Lipinski definition) is 5. The van der Waals surface area contributed by atoms with Crippen molar-refractivity contribution in [2.45, 2.75) is 57.5 Å². The second-order valence-electron chi connectivity index (χ2n) is 8.46. The Morgan fingerprint density at radius 1 is 1.13 bits per heavy atom. The summed E-state index contributed by atoms with van der Waals surface area (Å²) in [6.07, 6.45) is 5.52. The molecule has 1 aliphatic carbocycles. The van der Waals surface area contributed by atoms with E-state index in [1.54, 1.807) is 11.0 Å². The number of pyridine rings is 1. The van der Waals surface area contributed by atoms with E-state index in [1.165, 1.54) is 0 Å². The van der Waals surface area contributed by atoms with Crippen molar-refractivity contribution >= 4 is 49.8 Å². The molecule has 0 bridgehead atoms. The van der Waals surface area contributed by atoms with Gasteiger partial charge in [0.15, 0.2) is 22.2 Å². The predicted octanol–water partition coefficient (Wildman–Crippen LogP) is 4.58. The molecule has 2 aliphatic rings. The Hall–Kier alpha value is -1.57. The van der Waals surface area contributed by atoms with Gasteiger partial charge in [0.2, 0.25) is 0 Å². The van der Waals surface area contributed by atoms with E-state index in [0.29, 0.717) is 28.1 Å². The van der Waals surface area contributed by atoms with E-state index in [1.807, 2.05) is 19.1 Å². The molecule has 1 aromatic heterocycles. The SMILES string of the molecule is Cc1ccc2c(Cl)cc(Cl)c(OCC(=O)N(C3CCCCC3)[C@H]3CCS(=O)(=O)C3)c2n1. The summed E-state index contributed by atoms with van der Waals surface area (Å²) in [5.41, 5.74) is 1.29. The summed E-state index contributed by atoms with van der Waals surface area (Å²) in [4.78, 5) is 19.6.